The minimum atomic E-state index is -0.835. The average Bonchev–Trinajstić information content (AvgIpc) is 2.45. The molecular weight excluding hydrogens is 240 g/mol. The maximum Gasteiger partial charge on any atom is 0.321 e. The van der Waals surface area contributed by atoms with Gasteiger partial charge in [-0.15, -0.1) is 0 Å². The van der Waals surface area contributed by atoms with Gasteiger partial charge in [0, 0.05) is 18.9 Å². The molecule has 1 atom stereocenters. The highest BCUT2D eigenvalue weighted by molar-refractivity contribution is 5.73. The third kappa shape index (κ3) is 4.19. The maximum absolute atomic E-state index is 11.3. The van der Waals surface area contributed by atoms with E-state index in [4.69, 9.17) is 0 Å². The fourth-order valence-electron chi connectivity index (χ4n) is 1.84. The van der Waals surface area contributed by atoms with E-state index in [1.54, 1.807) is 12.4 Å². The predicted molar refractivity (Wildman–Crippen MR) is 72.6 cm³/mol. The average molecular weight is 256 g/mol. The van der Waals surface area contributed by atoms with Gasteiger partial charge in [0.1, 0.15) is 6.04 Å². The lowest BCUT2D eigenvalue weighted by molar-refractivity contribution is -0.139. The highest BCUT2D eigenvalue weighted by Crippen LogP contribution is 2.05. The normalized spacial score (nSPS) is 12.0. The lowest BCUT2D eigenvalue weighted by atomic mass is 10.1. The van der Waals surface area contributed by atoms with E-state index in [0.29, 0.717) is 13.0 Å². The number of carbonyl (C=O) groups is 1. The summed E-state index contributed by atoms with van der Waals surface area (Å²) in [6, 6.07) is 12.8. The van der Waals surface area contributed by atoms with Crippen molar-refractivity contribution in [3.05, 3.63) is 66.0 Å². The Morgan fingerprint density at radius 3 is 2.42 bits per heavy atom. The topological polar surface area (TPSA) is 62.2 Å². The van der Waals surface area contributed by atoms with Gasteiger partial charge in [-0.2, -0.15) is 0 Å². The fraction of sp³-hybridized carbons (Fsp3) is 0.200. The first-order chi connectivity index (χ1) is 9.25. The van der Waals surface area contributed by atoms with Gasteiger partial charge in [0.05, 0.1) is 0 Å². The first-order valence-corrected chi connectivity index (χ1v) is 6.15. The summed E-state index contributed by atoms with van der Waals surface area (Å²) in [6.45, 7) is 0.520. The zero-order chi connectivity index (χ0) is 13.5. The second-order valence-corrected chi connectivity index (χ2v) is 4.32. The molecule has 2 N–H and O–H groups in total. The Morgan fingerprint density at radius 2 is 1.79 bits per heavy atom. The second-order valence-electron chi connectivity index (χ2n) is 4.32. The smallest absolute Gasteiger partial charge is 0.321 e. The van der Waals surface area contributed by atoms with Gasteiger partial charge in [-0.05, 0) is 29.7 Å². The molecule has 0 aliphatic heterocycles. The molecule has 98 valence electrons. The van der Waals surface area contributed by atoms with Crippen LogP contribution in [0.4, 0.5) is 0 Å². The van der Waals surface area contributed by atoms with Crippen LogP contribution in [0.1, 0.15) is 11.1 Å². The molecule has 0 saturated heterocycles. The van der Waals surface area contributed by atoms with Crippen molar-refractivity contribution in [2.24, 2.45) is 0 Å². The maximum atomic E-state index is 11.3. The fourth-order valence-corrected chi connectivity index (χ4v) is 1.84. The summed E-state index contributed by atoms with van der Waals surface area (Å²) >= 11 is 0. The Kier molecular flexibility index (Phi) is 4.64. The van der Waals surface area contributed by atoms with Crippen molar-refractivity contribution in [3.63, 3.8) is 0 Å². The van der Waals surface area contributed by atoms with Gasteiger partial charge in [-0.3, -0.25) is 9.78 Å². The monoisotopic (exact) mass is 256 g/mol. The van der Waals surface area contributed by atoms with Crippen LogP contribution in [-0.2, 0) is 17.8 Å². The summed E-state index contributed by atoms with van der Waals surface area (Å²) in [6.07, 6.45) is 3.87. The van der Waals surface area contributed by atoms with Crippen molar-refractivity contribution in [1.29, 1.82) is 0 Å². The SMILES string of the molecule is O=C(O)[C@H](Cc1ccccc1)NCc1ccncc1. The number of carboxylic acid groups (broad SMARTS) is 1. The summed E-state index contributed by atoms with van der Waals surface area (Å²) in [5, 5.41) is 12.3. The van der Waals surface area contributed by atoms with Gasteiger partial charge < -0.3 is 10.4 Å². The summed E-state index contributed by atoms with van der Waals surface area (Å²) in [4.78, 5) is 15.2. The Labute approximate surface area is 112 Å². The van der Waals surface area contributed by atoms with E-state index in [1.165, 1.54) is 0 Å². The van der Waals surface area contributed by atoms with Crippen LogP contribution >= 0.6 is 0 Å². The van der Waals surface area contributed by atoms with Crippen LogP contribution in [0.2, 0.25) is 0 Å². The number of aliphatic carboxylic acids is 1. The van der Waals surface area contributed by atoms with Crippen LogP contribution in [0.15, 0.2) is 54.9 Å². The van der Waals surface area contributed by atoms with Gasteiger partial charge in [0.15, 0.2) is 0 Å². The zero-order valence-electron chi connectivity index (χ0n) is 10.5. The van der Waals surface area contributed by atoms with Gasteiger partial charge in [-0.25, -0.2) is 0 Å². The summed E-state index contributed by atoms with van der Waals surface area (Å²) in [5.74, 6) is -0.835. The van der Waals surface area contributed by atoms with Crippen molar-refractivity contribution >= 4 is 5.97 Å². The van der Waals surface area contributed by atoms with E-state index in [9.17, 15) is 9.90 Å². The molecule has 4 nitrogen and oxygen atoms in total. The lowest BCUT2D eigenvalue weighted by Gasteiger charge is -2.14. The number of hydrogen-bond acceptors (Lipinski definition) is 3. The lowest BCUT2D eigenvalue weighted by Crippen LogP contribution is -2.38. The minimum Gasteiger partial charge on any atom is -0.480 e. The molecular formula is C15H16N2O2. The Bertz CT molecular complexity index is 514. The van der Waals surface area contributed by atoms with Crippen molar-refractivity contribution in [2.75, 3.05) is 0 Å². The Balaban J connectivity index is 1.95. The number of aromatic nitrogens is 1. The van der Waals surface area contributed by atoms with E-state index in [2.05, 4.69) is 10.3 Å². The number of nitrogens with one attached hydrogen (secondary N) is 1. The van der Waals surface area contributed by atoms with Crippen LogP contribution in [0.25, 0.3) is 0 Å². The molecule has 1 aromatic carbocycles. The van der Waals surface area contributed by atoms with Crippen LogP contribution in [0.5, 0.6) is 0 Å². The molecule has 19 heavy (non-hydrogen) atoms. The van der Waals surface area contributed by atoms with Crippen LogP contribution in [0, 0.1) is 0 Å². The number of benzene rings is 1. The number of hydrogen-bond donors (Lipinski definition) is 2. The van der Waals surface area contributed by atoms with E-state index in [0.717, 1.165) is 11.1 Å². The van der Waals surface area contributed by atoms with E-state index in [-0.39, 0.29) is 0 Å². The predicted octanol–water partition coefficient (Wildman–Crippen LogP) is 1.87. The molecule has 2 rings (SSSR count). The second kappa shape index (κ2) is 6.66. The molecule has 0 spiro atoms. The summed E-state index contributed by atoms with van der Waals surface area (Å²) in [5.41, 5.74) is 2.03. The molecule has 0 saturated carbocycles. The minimum absolute atomic E-state index is 0.473. The van der Waals surface area contributed by atoms with Crippen molar-refractivity contribution < 1.29 is 9.90 Å². The van der Waals surface area contributed by atoms with Gasteiger partial charge in [0.2, 0.25) is 0 Å². The highest BCUT2D eigenvalue weighted by atomic mass is 16.4. The number of carboxylic acids is 1. The summed E-state index contributed by atoms with van der Waals surface area (Å²) < 4.78 is 0. The molecule has 1 heterocycles. The molecule has 0 aliphatic carbocycles. The van der Waals surface area contributed by atoms with Crippen LogP contribution in [-0.4, -0.2) is 22.1 Å². The van der Waals surface area contributed by atoms with Crippen molar-refractivity contribution in [2.45, 2.75) is 19.0 Å². The van der Waals surface area contributed by atoms with Crippen molar-refractivity contribution in [3.8, 4) is 0 Å². The standard InChI is InChI=1S/C15H16N2O2/c18-15(19)14(10-12-4-2-1-3-5-12)17-11-13-6-8-16-9-7-13/h1-9,14,17H,10-11H2,(H,18,19)/t14-/m0/s1. The molecule has 0 fully saturated rings. The van der Waals surface area contributed by atoms with E-state index >= 15 is 0 Å². The molecule has 4 heteroatoms. The Morgan fingerprint density at radius 1 is 1.11 bits per heavy atom. The number of rotatable bonds is 6. The summed E-state index contributed by atoms with van der Waals surface area (Å²) in [7, 11) is 0. The first-order valence-electron chi connectivity index (χ1n) is 6.15. The van der Waals surface area contributed by atoms with E-state index < -0.39 is 12.0 Å². The quantitative estimate of drug-likeness (QED) is 0.828. The van der Waals surface area contributed by atoms with Crippen LogP contribution < -0.4 is 5.32 Å². The van der Waals surface area contributed by atoms with Gasteiger partial charge >= 0.3 is 5.97 Å². The zero-order valence-corrected chi connectivity index (χ0v) is 10.5. The molecule has 0 radical (unpaired) electrons. The third-order valence-electron chi connectivity index (χ3n) is 2.88. The molecule has 1 aromatic heterocycles. The number of nitrogens with zero attached hydrogens (tertiary/aromatic N) is 1. The molecule has 0 bridgehead atoms. The molecule has 2 aromatic rings. The largest absolute Gasteiger partial charge is 0.480 e. The highest BCUT2D eigenvalue weighted by Gasteiger charge is 2.16. The van der Waals surface area contributed by atoms with Gasteiger partial charge in [-0.1, -0.05) is 30.3 Å². The van der Waals surface area contributed by atoms with Gasteiger partial charge in [0.25, 0.3) is 0 Å². The van der Waals surface area contributed by atoms with E-state index in [1.807, 2.05) is 42.5 Å². The number of pyridine rings is 1. The molecule has 0 amide bonds. The third-order valence-corrected chi connectivity index (χ3v) is 2.88. The van der Waals surface area contributed by atoms with Crippen LogP contribution in [0.3, 0.4) is 0 Å². The van der Waals surface area contributed by atoms with Crippen molar-refractivity contribution in [1.82, 2.24) is 10.3 Å². The molecule has 0 unspecified atom stereocenters. The Hall–Kier alpha value is -2.20. The first kappa shape index (κ1) is 13.2. The molecule has 0 aliphatic rings.